The van der Waals surface area contributed by atoms with Crippen LogP contribution in [0.5, 0.6) is 0 Å². The minimum absolute atomic E-state index is 0.175. The summed E-state index contributed by atoms with van der Waals surface area (Å²) in [5.41, 5.74) is 0.715. The number of rotatable bonds is 9. The molecule has 1 aromatic carbocycles. The number of nitrogens with zero attached hydrogens (tertiary/aromatic N) is 4. The first-order valence-corrected chi connectivity index (χ1v) is 11.7. The first kappa shape index (κ1) is 22.9. The third-order valence-electron chi connectivity index (χ3n) is 5.07. The van der Waals surface area contributed by atoms with E-state index < -0.39 is 10.0 Å². The Morgan fingerprint density at radius 3 is 2.52 bits per heavy atom. The van der Waals surface area contributed by atoms with E-state index in [2.05, 4.69) is 35.1 Å². The second-order valence-electron chi connectivity index (χ2n) is 7.20. The topological polar surface area (TPSA) is 120 Å². The number of carbonyl (C=O) groups excluding carboxylic acids is 1. The van der Waals surface area contributed by atoms with Crippen LogP contribution in [0.3, 0.4) is 0 Å². The molecule has 0 atom stereocenters. The zero-order chi connectivity index (χ0) is 22.1. The van der Waals surface area contributed by atoms with E-state index in [0.29, 0.717) is 12.1 Å². The van der Waals surface area contributed by atoms with Gasteiger partial charge in [-0.05, 0) is 43.8 Å². The van der Waals surface area contributed by atoms with E-state index in [-0.39, 0.29) is 17.5 Å². The van der Waals surface area contributed by atoms with Crippen molar-refractivity contribution in [3.63, 3.8) is 0 Å². The second kappa shape index (κ2) is 11.0. The Bertz CT molecular complexity index is 948. The lowest BCUT2D eigenvalue weighted by molar-refractivity contribution is 0.235. The zero-order valence-corrected chi connectivity index (χ0v) is 18.4. The average molecular weight is 448 g/mol. The van der Waals surface area contributed by atoms with Crippen molar-refractivity contribution in [2.24, 2.45) is 0 Å². The zero-order valence-electron chi connectivity index (χ0n) is 17.6. The van der Waals surface area contributed by atoms with Crippen molar-refractivity contribution >= 4 is 22.0 Å². The van der Waals surface area contributed by atoms with Crippen molar-refractivity contribution in [2.75, 3.05) is 51.2 Å². The Morgan fingerprint density at radius 1 is 1.06 bits per heavy atom. The molecule has 0 radical (unpaired) electrons. The van der Waals surface area contributed by atoms with Crippen molar-refractivity contribution < 1.29 is 13.2 Å². The summed E-state index contributed by atoms with van der Waals surface area (Å²) in [5, 5.41) is 5.60. The van der Waals surface area contributed by atoms with Crippen LogP contribution >= 0.6 is 0 Å². The molecule has 1 aliphatic rings. The molecule has 2 amide bonds. The van der Waals surface area contributed by atoms with Crippen LogP contribution in [0, 0.1) is 0 Å². The lowest BCUT2D eigenvalue weighted by Gasteiger charge is -2.34. The highest BCUT2D eigenvalue weighted by molar-refractivity contribution is 7.89. The number of hydrogen-bond donors (Lipinski definition) is 3. The van der Waals surface area contributed by atoms with E-state index in [9.17, 15) is 13.2 Å². The highest BCUT2D eigenvalue weighted by Crippen LogP contribution is 2.11. The average Bonchev–Trinajstić information content (AvgIpc) is 2.81. The number of hydrogen-bond acceptors (Lipinski definition) is 7. The predicted octanol–water partition coefficient (Wildman–Crippen LogP) is 0.396. The molecule has 0 aliphatic carbocycles. The first-order valence-electron chi connectivity index (χ1n) is 10.3. The molecule has 2 heterocycles. The molecule has 0 unspecified atom stereocenters. The summed E-state index contributed by atoms with van der Waals surface area (Å²) in [6, 6.07) is 8.04. The van der Waals surface area contributed by atoms with Gasteiger partial charge in [-0.2, -0.15) is 0 Å². The molecule has 31 heavy (non-hydrogen) atoms. The van der Waals surface area contributed by atoms with Gasteiger partial charge in [0.15, 0.2) is 0 Å². The molecule has 168 valence electrons. The Hall–Kier alpha value is -2.76. The van der Waals surface area contributed by atoms with Crippen molar-refractivity contribution in [3.8, 4) is 0 Å². The number of sulfonamides is 1. The van der Waals surface area contributed by atoms with Gasteiger partial charge in [-0.3, -0.25) is 4.90 Å². The van der Waals surface area contributed by atoms with Gasteiger partial charge in [-0.25, -0.2) is 27.9 Å². The number of amides is 2. The molecule has 2 aromatic rings. The minimum atomic E-state index is -3.50. The molecule has 3 rings (SSSR count). The fourth-order valence-corrected chi connectivity index (χ4v) is 4.12. The normalized spacial score (nSPS) is 14.9. The number of urea groups is 1. The van der Waals surface area contributed by atoms with Crippen LogP contribution in [-0.4, -0.2) is 75.6 Å². The Kier molecular flexibility index (Phi) is 8.15. The van der Waals surface area contributed by atoms with E-state index in [1.807, 2.05) is 6.07 Å². The molecule has 3 N–H and O–H groups in total. The SMILES string of the molecule is CNS(=O)(=O)c1cccc(CNC(=O)NCCCN2CCN(c3ncccn3)CC2)c1. The maximum Gasteiger partial charge on any atom is 0.315 e. The summed E-state index contributed by atoms with van der Waals surface area (Å²) in [5.74, 6) is 0.773. The van der Waals surface area contributed by atoms with Crippen molar-refractivity contribution in [3.05, 3.63) is 48.3 Å². The maximum absolute atomic E-state index is 12.0. The summed E-state index contributed by atoms with van der Waals surface area (Å²) >= 11 is 0. The quantitative estimate of drug-likeness (QED) is 0.476. The van der Waals surface area contributed by atoms with E-state index in [1.165, 1.54) is 13.1 Å². The third-order valence-corrected chi connectivity index (χ3v) is 6.49. The molecular weight excluding hydrogens is 418 g/mol. The molecule has 1 aliphatic heterocycles. The number of benzene rings is 1. The van der Waals surface area contributed by atoms with E-state index >= 15 is 0 Å². The van der Waals surface area contributed by atoms with E-state index in [1.54, 1.807) is 30.6 Å². The van der Waals surface area contributed by atoms with Gasteiger partial charge in [0.05, 0.1) is 4.90 Å². The smallest absolute Gasteiger partial charge is 0.315 e. The van der Waals surface area contributed by atoms with Crippen LogP contribution in [0.1, 0.15) is 12.0 Å². The number of carbonyl (C=O) groups is 1. The largest absolute Gasteiger partial charge is 0.338 e. The minimum Gasteiger partial charge on any atom is -0.338 e. The monoisotopic (exact) mass is 447 g/mol. The van der Waals surface area contributed by atoms with Gasteiger partial charge in [-0.1, -0.05) is 12.1 Å². The lowest BCUT2D eigenvalue weighted by Crippen LogP contribution is -2.47. The fraction of sp³-hybridized carbons (Fsp3) is 0.450. The molecule has 0 saturated carbocycles. The highest BCUT2D eigenvalue weighted by Gasteiger charge is 2.18. The van der Waals surface area contributed by atoms with Crippen LogP contribution in [0.25, 0.3) is 0 Å². The molecular formula is C20H29N7O3S. The lowest BCUT2D eigenvalue weighted by atomic mass is 10.2. The van der Waals surface area contributed by atoms with E-state index in [0.717, 1.165) is 45.1 Å². The van der Waals surface area contributed by atoms with E-state index in [4.69, 9.17) is 0 Å². The summed E-state index contributed by atoms with van der Waals surface area (Å²) in [7, 11) is -2.13. The van der Waals surface area contributed by atoms with Gasteiger partial charge in [0.25, 0.3) is 0 Å². The summed E-state index contributed by atoms with van der Waals surface area (Å²) in [6.07, 6.45) is 4.37. The molecule has 11 heteroatoms. The number of nitrogens with one attached hydrogen (secondary N) is 3. The van der Waals surface area contributed by atoms with Crippen molar-refractivity contribution in [1.82, 2.24) is 30.2 Å². The van der Waals surface area contributed by atoms with Crippen molar-refractivity contribution in [1.29, 1.82) is 0 Å². The van der Waals surface area contributed by atoms with Crippen LogP contribution in [0.4, 0.5) is 10.7 Å². The van der Waals surface area contributed by atoms with Gasteiger partial charge >= 0.3 is 6.03 Å². The molecule has 1 aromatic heterocycles. The number of aromatic nitrogens is 2. The Labute approximate surface area is 183 Å². The van der Waals surface area contributed by atoms with Gasteiger partial charge in [0.2, 0.25) is 16.0 Å². The fourth-order valence-electron chi connectivity index (χ4n) is 3.32. The maximum atomic E-state index is 12.0. The van der Waals surface area contributed by atoms with Gasteiger partial charge in [-0.15, -0.1) is 0 Å². The van der Waals surface area contributed by atoms with Crippen molar-refractivity contribution in [2.45, 2.75) is 17.9 Å². The third kappa shape index (κ3) is 6.88. The molecule has 1 fully saturated rings. The first-order chi connectivity index (χ1) is 15.0. The van der Waals surface area contributed by atoms with Gasteiger partial charge < -0.3 is 15.5 Å². The predicted molar refractivity (Wildman–Crippen MR) is 118 cm³/mol. The molecule has 0 spiro atoms. The summed E-state index contributed by atoms with van der Waals surface area (Å²) in [4.78, 5) is 25.3. The van der Waals surface area contributed by atoms with Crippen LogP contribution < -0.4 is 20.3 Å². The standard InChI is InChI=1S/C20H29N7O3S/c1-21-31(29,30)18-6-2-5-17(15-18)16-25-20(28)24-9-4-10-26-11-13-27(14-12-26)19-22-7-3-8-23-19/h2-3,5-8,15,21H,4,9-14,16H2,1H3,(H2,24,25,28). The molecule has 1 saturated heterocycles. The van der Waals surface area contributed by atoms with Crippen LogP contribution in [0.2, 0.25) is 0 Å². The van der Waals surface area contributed by atoms with Crippen LogP contribution in [0.15, 0.2) is 47.6 Å². The second-order valence-corrected chi connectivity index (χ2v) is 9.08. The molecule has 0 bridgehead atoms. The molecule has 10 nitrogen and oxygen atoms in total. The number of piperazine rings is 1. The summed E-state index contributed by atoms with van der Waals surface area (Å²) in [6.45, 7) is 5.39. The van der Waals surface area contributed by atoms with Crippen LogP contribution in [-0.2, 0) is 16.6 Å². The van der Waals surface area contributed by atoms with Gasteiger partial charge in [0, 0.05) is 51.7 Å². The van der Waals surface area contributed by atoms with Gasteiger partial charge in [0.1, 0.15) is 0 Å². The highest BCUT2D eigenvalue weighted by atomic mass is 32.2. The Balaban J connectivity index is 1.31. The number of anilines is 1. The Morgan fingerprint density at radius 2 is 1.81 bits per heavy atom. The summed E-state index contributed by atoms with van der Waals surface area (Å²) < 4.78 is 26.0.